The Morgan fingerprint density at radius 3 is 2.38 bits per heavy atom. The van der Waals surface area contributed by atoms with Gasteiger partial charge in [-0.1, -0.05) is 35.0 Å². The van der Waals surface area contributed by atoms with Crippen LogP contribution in [0.1, 0.15) is 25.0 Å². The Morgan fingerprint density at radius 2 is 1.85 bits per heavy atom. The van der Waals surface area contributed by atoms with E-state index in [9.17, 15) is 0 Å². The van der Waals surface area contributed by atoms with Crippen molar-refractivity contribution in [3.8, 4) is 0 Å². The number of nitrogens with zero attached hydrogens (tertiary/aromatic N) is 1. The highest BCUT2D eigenvalue weighted by molar-refractivity contribution is 5.78. The smallest absolute Gasteiger partial charge is 0.142 e. The first kappa shape index (κ1) is 9.78. The van der Waals surface area contributed by atoms with Gasteiger partial charge in [-0.15, -0.1) is 0 Å². The zero-order valence-electron chi connectivity index (χ0n) is 8.37. The van der Waals surface area contributed by atoms with Crippen LogP contribution >= 0.6 is 0 Å². The van der Waals surface area contributed by atoms with Crippen LogP contribution in [0.4, 0.5) is 0 Å². The van der Waals surface area contributed by atoms with Crippen molar-refractivity contribution in [2.75, 3.05) is 0 Å². The number of hydrogen-bond donors (Lipinski definition) is 0. The van der Waals surface area contributed by atoms with E-state index in [1.54, 1.807) is 0 Å². The van der Waals surface area contributed by atoms with Crippen molar-refractivity contribution < 1.29 is 4.84 Å². The third kappa shape index (κ3) is 3.74. The highest BCUT2D eigenvalue weighted by Crippen LogP contribution is 2.04. The summed E-state index contributed by atoms with van der Waals surface area (Å²) >= 11 is 0. The van der Waals surface area contributed by atoms with Crippen LogP contribution in [0.15, 0.2) is 29.4 Å². The number of hydrogen-bond acceptors (Lipinski definition) is 2. The first-order valence-corrected chi connectivity index (χ1v) is 4.37. The van der Waals surface area contributed by atoms with E-state index in [1.807, 2.05) is 13.8 Å². The lowest BCUT2D eigenvalue weighted by Gasteiger charge is -2.00. The molecule has 0 spiro atoms. The highest BCUT2D eigenvalue weighted by atomic mass is 16.6. The number of aryl methyl sites for hydroxylation is 1. The second-order valence-electron chi connectivity index (χ2n) is 3.30. The van der Waals surface area contributed by atoms with Crippen molar-refractivity contribution in [1.82, 2.24) is 0 Å². The fourth-order valence-corrected chi connectivity index (χ4v) is 0.920. The van der Waals surface area contributed by atoms with E-state index in [2.05, 4.69) is 36.3 Å². The summed E-state index contributed by atoms with van der Waals surface area (Å²) in [6, 6.07) is 8.24. The minimum absolute atomic E-state index is 0.547. The SMILES string of the molecule is CC(C)=NOCc1ccc(C)cc1. The molecular weight excluding hydrogens is 162 g/mol. The lowest BCUT2D eigenvalue weighted by Crippen LogP contribution is -1.89. The summed E-state index contributed by atoms with van der Waals surface area (Å²) in [5.74, 6) is 0. The zero-order chi connectivity index (χ0) is 9.68. The molecule has 0 N–H and O–H groups in total. The predicted molar refractivity (Wildman–Crippen MR) is 54.8 cm³/mol. The van der Waals surface area contributed by atoms with Crippen LogP contribution in [0.5, 0.6) is 0 Å². The van der Waals surface area contributed by atoms with Crippen molar-refractivity contribution in [2.45, 2.75) is 27.4 Å². The van der Waals surface area contributed by atoms with E-state index in [0.717, 1.165) is 11.3 Å². The van der Waals surface area contributed by atoms with Crippen molar-refractivity contribution >= 4 is 5.71 Å². The lowest BCUT2D eigenvalue weighted by molar-refractivity contribution is 0.130. The van der Waals surface area contributed by atoms with E-state index >= 15 is 0 Å². The molecular formula is C11H15NO. The maximum Gasteiger partial charge on any atom is 0.142 e. The molecule has 70 valence electrons. The number of oxime groups is 1. The van der Waals surface area contributed by atoms with Crippen LogP contribution in [-0.4, -0.2) is 5.71 Å². The molecule has 1 rings (SSSR count). The van der Waals surface area contributed by atoms with Crippen LogP contribution in [0.25, 0.3) is 0 Å². The van der Waals surface area contributed by atoms with Gasteiger partial charge in [-0.2, -0.15) is 0 Å². The molecule has 2 nitrogen and oxygen atoms in total. The normalized spacial score (nSPS) is 9.46. The van der Waals surface area contributed by atoms with Gasteiger partial charge in [0.2, 0.25) is 0 Å². The summed E-state index contributed by atoms with van der Waals surface area (Å²) in [7, 11) is 0. The molecule has 0 bridgehead atoms. The minimum Gasteiger partial charge on any atom is -0.391 e. The van der Waals surface area contributed by atoms with Gasteiger partial charge in [0.25, 0.3) is 0 Å². The van der Waals surface area contributed by atoms with Crippen molar-refractivity contribution in [2.24, 2.45) is 5.16 Å². The van der Waals surface area contributed by atoms with Crippen LogP contribution in [-0.2, 0) is 11.4 Å². The average Bonchev–Trinajstić information content (AvgIpc) is 2.08. The van der Waals surface area contributed by atoms with Gasteiger partial charge in [0, 0.05) is 0 Å². The average molecular weight is 177 g/mol. The molecule has 0 aliphatic rings. The van der Waals surface area contributed by atoms with Gasteiger partial charge in [-0.3, -0.25) is 0 Å². The zero-order valence-corrected chi connectivity index (χ0v) is 8.37. The van der Waals surface area contributed by atoms with Crippen LogP contribution in [0.2, 0.25) is 0 Å². The predicted octanol–water partition coefficient (Wildman–Crippen LogP) is 2.91. The summed E-state index contributed by atoms with van der Waals surface area (Å²) in [6.07, 6.45) is 0. The van der Waals surface area contributed by atoms with Gasteiger partial charge in [0.15, 0.2) is 0 Å². The molecule has 0 saturated heterocycles. The van der Waals surface area contributed by atoms with E-state index in [-0.39, 0.29) is 0 Å². The summed E-state index contributed by atoms with van der Waals surface area (Å²) in [4.78, 5) is 5.11. The highest BCUT2D eigenvalue weighted by Gasteiger charge is 1.91. The van der Waals surface area contributed by atoms with Crippen LogP contribution in [0, 0.1) is 6.92 Å². The number of rotatable bonds is 3. The van der Waals surface area contributed by atoms with Crippen molar-refractivity contribution in [3.63, 3.8) is 0 Å². The molecule has 0 saturated carbocycles. The maximum absolute atomic E-state index is 5.11. The van der Waals surface area contributed by atoms with Gasteiger partial charge in [-0.05, 0) is 26.3 Å². The Balaban J connectivity index is 2.46. The molecule has 0 amide bonds. The van der Waals surface area contributed by atoms with E-state index in [4.69, 9.17) is 4.84 Å². The first-order chi connectivity index (χ1) is 6.18. The quantitative estimate of drug-likeness (QED) is 0.514. The second-order valence-corrected chi connectivity index (χ2v) is 3.30. The summed E-state index contributed by atoms with van der Waals surface area (Å²) < 4.78 is 0. The van der Waals surface area contributed by atoms with Crippen LogP contribution in [0.3, 0.4) is 0 Å². The van der Waals surface area contributed by atoms with E-state index in [0.29, 0.717) is 6.61 Å². The molecule has 0 fully saturated rings. The molecule has 2 heteroatoms. The molecule has 0 radical (unpaired) electrons. The third-order valence-corrected chi connectivity index (χ3v) is 1.60. The Bertz CT molecular complexity index is 283. The largest absolute Gasteiger partial charge is 0.391 e. The Hall–Kier alpha value is -1.31. The van der Waals surface area contributed by atoms with E-state index in [1.165, 1.54) is 5.56 Å². The number of benzene rings is 1. The Morgan fingerprint density at radius 1 is 1.23 bits per heavy atom. The molecule has 0 unspecified atom stereocenters. The van der Waals surface area contributed by atoms with Crippen LogP contribution < -0.4 is 0 Å². The molecule has 1 aromatic rings. The van der Waals surface area contributed by atoms with Gasteiger partial charge < -0.3 is 4.84 Å². The molecule has 0 aromatic heterocycles. The second kappa shape index (κ2) is 4.65. The standard InChI is InChI=1S/C11H15NO/c1-9(2)12-13-8-11-6-4-10(3)5-7-11/h4-7H,8H2,1-3H3. The fourth-order valence-electron chi connectivity index (χ4n) is 0.920. The van der Waals surface area contributed by atoms with Gasteiger partial charge in [0.05, 0.1) is 5.71 Å². The fraction of sp³-hybridized carbons (Fsp3) is 0.364. The molecule has 1 aromatic carbocycles. The van der Waals surface area contributed by atoms with Crippen molar-refractivity contribution in [3.05, 3.63) is 35.4 Å². The topological polar surface area (TPSA) is 21.6 Å². The van der Waals surface area contributed by atoms with Crippen molar-refractivity contribution in [1.29, 1.82) is 0 Å². The third-order valence-electron chi connectivity index (χ3n) is 1.60. The van der Waals surface area contributed by atoms with Gasteiger partial charge in [0.1, 0.15) is 6.61 Å². The Labute approximate surface area is 79.2 Å². The summed E-state index contributed by atoms with van der Waals surface area (Å²) in [5, 5.41) is 3.86. The monoisotopic (exact) mass is 177 g/mol. The first-order valence-electron chi connectivity index (χ1n) is 4.37. The molecule has 0 heterocycles. The molecule has 0 atom stereocenters. The maximum atomic E-state index is 5.11. The summed E-state index contributed by atoms with van der Waals surface area (Å²) in [6.45, 7) is 6.44. The minimum atomic E-state index is 0.547. The Kier molecular flexibility index (Phi) is 3.50. The van der Waals surface area contributed by atoms with Gasteiger partial charge in [-0.25, -0.2) is 0 Å². The van der Waals surface area contributed by atoms with E-state index < -0.39 is 0 Å². The molecule has 0 aliphatic heterocycles. The summed E-state index contributed by atoms with van der Waals surface area (Å²) in [5.41, 5.74) is 3.35. The lowest BCUT2D eigenvalue weighted by atomic mass is 10.2. The molecule has 0 aliphatic carbocycles. The molecule has 13 heavy (non-hydrogen) atoms. The van der Waals surface area contributed by atoms with Gasteiger partial charge >= 0.3 is 0 Å².